The quantitative estimate of drug-likeness (QED) is 0.650. The first-order valence-electron chi connectivity index (χ1n) is 5.76. The number of ether oxygens (including phenoxy) is 1. The first-order valence-corrected chi connectivity index (χ1v) is 5.76. The van der Waals surface area contributed by atoms with Gasteiger partial charge in [0.1, 0.15) is 0 Å². The zero-order valence-corrected chi connectivity index (χ0v) is 11.1. The number of rotatable bonds is 3. The number of aromatic nitrogens is 2. The number of nitrogens with zero attached hydrogens (tertiary/aromatic N) is 2. The minimum Gasteiger partial charge on any atom is -0.465 e. The summed E-state index contributed by atoms with van der Waals surface area (Å²) in [5, 5.41) is 7.42. The molecule has 1 aromatic carbocycles. The number of methoxy groups -OCH3 is 1. The first-order chi connectivity index (χ1) is 9.01. The molecule has 0 aliphatic rings. The van der Waals surface area contributed by atoms with Gasteiger partial charge in [-0.05, 0) is 25.1 Å². The number of nitrogens with one attached hydrogen (secondary N) is 1. The van der Waals surface area contributed by atoms with Gasteiger partial charge in [0.05, 0.1) is 35.4 Å². The lowest BCUT2D eigenvalue weighted by Crippen LogP contribution is -2.04. The number of anilines is 3. The molecule has 1 heterocycles. The number of carbonyl (C=O) groups excluding carboxylic acids is 1. The minimum atomic E-state index is -0.407. The lowest BCUT2D eigenvalue weighted by atomic mass is 10.1. The molecule has 6 heteroatoms. The van der Waals surface area contributed by atoms with Gasteiger partial charge in [0.25, 0.3) is 0 Å². The molecular weight excluding hydrogens is 244 g/mol. The summed E-state index contributed by atoms with van der Waals surface area (Å²) in [4.78, 5) is 11.4. The summed E-state index contributed by atoms with van der Waals surface area (Å²) in [5.41, 5.74) is 9.30. The summed E-state index contributed by atoms with van der Waals surface area (Å²) in [6, 6.07) is 4.99. The Morgan fingerprint density at radius 3 is 2.68 bits per heavy atom. The first kappa shape index (κ1) is 12.9. The molecule has 0 unspecified atom stereocenters. The van der Waals surface area contributed by atoms with E-state index in [1.54, 1.807) is 22.9 Å². The minimum absolute atomic E-state index is 0.407. The van der Waals surface area contributed by atoms with Crippen LogP contribution in [0, 0.1) is 6.92 Å². The lowest BCUT2D eigenvalue weighted by molar-refractivity contribution is 0.0601. The predicted octanol–water partition coefficient (Wildman–Crippen LogP) is 1.84. The monoisotopic (exact) mass is 260 g/mol. The van der Waals surface area contributed by atoms with Gasteiger partial charge in [0.15, 0.2) is 0 Å². The van der Waals surface area contributed by atoms with E-state index in [1.165, 1.54) is 7.11 Å². The summed E-state index contributed by atoms with van der Waals surface area (Å²) in [6.07, 6.45) is 1.86. The van der Waals surface area contributed by atoms with Crippen molar-refractivity contribution in [1.82, 2.24) is 9.78 Å². The van der Waals surface area contributed by atoms with Crippen molar-refractivity contribution in [3.05, 3.63) is 35.7 Å². The molecule has 0 bridgehead atoms. The standard InChI is InChI=1S/C13H16N4O2/c1-8-12(7-17(2)16-8)15-11-5-4-9(6-10(11)14)13(18)19-3/h4-7,15H,14H2,1-3H3. The number of nitrogens with two attached hydrogens (primary N) is 1. The van der Waals surface area contributed by atoms with Crippen molar-refractivity contribution in [1.29, 1.82) is 0 Å². The Bertz CT molecular complexity index is 619. The van der Waals surface area contributed by atoms with Crippen molar-refractivity contribution in [3.8, 4) is 0 Å². The molecule has 3 N–H and O–H groups in total. The highest BCUT2D eigenvalue weighted by atomic mass is 16.5. The molecule has 0 radical (unpaired) electrons. The van der Waals surface area contributed by atoms with Gasteiger partial charge in [-0.25, -0.2) is 4.79 Å². The zero-order valence-electron chi connectivity index (χ0n) is 11.1. The van der Waals surface area contributed by atoms with Crippen molar-refractivity contribution in [3.63, 3.8) is 0 Å². The maximum absolute atomic E-state index is 11.4. The molecule has 0 fully saturated rings. The summed E-state index contributed by atoms with van der Waals surface area (Å²) < 4.78 is 6.36. The van der Waals surface area contributed by atoms with Gasteiger partial charge in [-0.2, -0.15) is 5.10 Å². The van der Waals surface area contributed by atoms with Gasteiger partial charge >= 0.3 is 5.97 Å². The van der Waals surface area contributed by atoms with Crippen LogP contribution in [0.2, 0.25) is 0 Å². The van der Waals surface area contributed by atoms with E-state index < -0.39 is 5.97 Å². The third-order valence-electron chi connectivity index (χ3n) is 2.76. The second kappa shape index (κ2) is 5.01. The molecule has 0 amide bonds. The Morgan fingerprint density at radius 1 is 1.42 bits per heavy atom. The molecule has 2 rings (SSSR count). The summed E-state index contributed by atoms with van der Waals surface area (Å²) in [6.45, 7) is 1.90. The van der Waals surface area contributed by atoms with Crippen molar-refractivity contribution >= 4 is 23.0 Å². The second-order valence-corrected chi connectivity index (χ2v) is 4.22. The molecule has 1 aromatic heterocycles. The molecule has 6 nitrogen and oxygen atoms in total. The number of hydrogen-bond acceptors (Lipinski definition) is 5. The molecule has 0 spiro atoms. The van der Waals surface area contributed by atoms with Crippen LogP contribution < -0.4 is 11.1 Å². The molecule has 100 valence electrons. The number of hydrogen-bond donors (Lipinski definition) is 2. The number of esters is 1. The normalized spacial score (nSPS) is 10.3. The van der Waals surface area contributed by atoms with E-state index in [-0.39, 0.29) is 0 Å². The predicted molar refractivity (Wildman–Crippen MR) is 73.4 cm³/mol. The zero-order chi connectivity index (χ0) is 14.0. The molecule has 0 saturated heterocycles. The molecule has 0 atom stereocenters. The van der Waals surface area contributed by atoms with Gasteiger partial charge in [-0.3, -0.25) is 4.68 Å². The van der Waals surface area contributed by atoms with E-state index in [0.717, 1.165) is 17.1 Å². The smallest absolute Gasteiger partial charge is 0.337 e. The van der Waals surface area contributed by atoms with Crippen LogP contribution in [0.15, 0.2) is 24.4 Å². The average Bonchev–Trinajstić information content (AvgIpc) is 2.69. The Morgan fingerprint density at radius 2 is 2.16 bits per heavy atom. The number of nitrogen functional groups attached to an aromatic ring is 1. The third-order valence-corrected chi connectivity index (χ3v) is 2.76. The molecule has 0 saturated carbocycles. The van der Waals surface area contributed by atoms with Crippen LogP contribution in [0.25, 0.3) is 0 Å². The van der Waals surface area contributed by atoms with Gasteiger partial charge in [-0.15, -0.1) is 0 Å². The molecule has 0 aliphatic heterocycles. The van der Waals surface area contributed by atoms with E-state index in [2.05, 4.69) is 15.2 Å². The average molecular weight is 260 g/mol. The van der Waals surface area contributed by atoms with Crippen LogP contribution in [-0.4, -0.2) is 22.9 Å². The Balaban J connectivity index is 2.27. The van der Waals surface area contributed by atoms with Crippen LogP contribution in [0.3, 0.4) is 0 Å². The second-order valence-electron chi connectivity index (χ2n) is 4.22. The van der Waals surface area contributed by atoms with Crippen molar-refractivity contribution in [2.24, 2.45) is 7.05 Å². The van der Waals surface area contributed by atoms with Gasteiger partial charge in [-0.1, -0.05) is 0 Å². The summed E-state index contributed by atoms with van der Waals surface area (Å²) in [7, 11) is 3.19. The maximum atomic E-state index is 11.4. The number of benzene rings is 1. The van der Waals surface area contributed by atoms with Crippen LogP contribution in [0.5, 0.6) is 0 Å². The third kappa shape index (κ3) is 2.67. The number of carbonyl (C=O) groups is 1. The van der Waals surface area contributed by atoms with Crippen LogP contribution >= 0.6 is 0 Å². The Hall–Kier alpha value is -2.50. The summed E-state index contributed by atoms with van der Waals surface area (Å²) >= 11 is 0. The van der Waals surface area contributed by atoms with E-state index >= 15 is 0 Å². The lowest BCUT2D eigenvalue weighted by Gasteiger charge is -2.09. The molecule has 0 aliphatic carbocycles. The van der Waals surface area contributed by atoms with Crippen LogP contribution in [-0.2, 0) is 11.8 Å². The highest BCUT2D eigenvalue weighted by Crippen LogP contribution is 2.25. The molecule has 2 aromatic rings. The largest absolute Gasteiger partial charge is 0.465 e. The molecule has 19 heavy (non-hydrogen) atoms. The fraction of sp³-hybridized carbons (Fsp3) is 0.231. The number of aryl methyl sites for hydroxylation is 2. The van der Waals surface area contributed by atoms with Gasteiger partial charge < -0.3 is 15.8 Å². The highest BCUT2D eigenvalue weighted by molar-refractivity contribution is 5.92. The topological polar surface area (TPSA) is 82.2 Å². The Kier molecular flexibility index (Phi) is 3.41. The van der Waals surface area contributed by atoms with Crippen LogP contribution in [0.4, 0.5) is 17.1 Å². The fourth-order valence-electron chi connectivity index (χ4n) is 1.79. The van der Waals surface area contributed by atoms with Crippen molar-refractivity contribution in [2.45, 2.75) is 6.92 Å². The molecular formula is C13H16N4O2. The van der Waals surface area contributed by atoms with E-state index in [0.29, 0.717) is 11.3 Å². The van der Waals surface area contributed by atoms with Crippen molar-refractivity contribution < 1.29 is 9.53 Å². The van der Waals surface area contributed by atoms with Crippen LogP contribution in [0.1, 0.15) is 16.1 Å². The van der Waals surface area contributed by atoms with Gasteiger partial charge in [0.2, 0.25) is 0 Å². The van der Waals surface area contributed by atoms with Gasteiger partial charge in [0, 0.05) is 13.2 Å². The fourth-order valence-corrected chi connectivity index (χ4v) is 1.79. The summed E-state index contributed by atoms with van der Waals surface area (Å²) in [5.74, 6) is -0.407. The van der Waals surface area contributed by atoms with E-state index in [9.17, 15) is 4.79 Å². The van der Waals surface area contributed by atoms with E-state index in [1.807, 2.05) is 20.2 Å². The van der Waals surface area contributed by atoms with E-state index in [4.69, 9.17) is 5.73 Å². The Labute approximate surface area is 111 Å². The highest BCUT2D eigenvalue weighted by Gasteiger charge is 2.10. The SMILES string of the molecule is COC(=O)c1ccc(Nc2cn(C)nc2C)c(N)c1. The van der Waals surface area contributed by atoms with Crippen molar-refractivity contribution in [2.75, 3.05) is 18.2 Å². The maximum Gasteiger partial charge on any atom is 0.337 e.